The lowest BCUT2D eigenvalue weighted by Gasteiger charge is -2.18. The monoisotopic (exact) mass is 330 g/mol. The van der Waals surface area contributed by atoms with Crippen LogP contribution in [0.1, 0.15) is 31.9 Å². The summed E-state index contributed by atoms with van der Waals surface area (Å²) in [4.78, 5) is 26.8. The minimum absolute atomic E-state index is 0.0307. The van der Waals surface area contributed by atoms with Crippen molar-refractivity contribution in [2.75, 3.05) is 18.9 Å². The van der Waals surface area contributed by atoms with Crippen LogP contribution in [0.25, 0.3) is 0 Å². The molecule has 1 aromatic heterocycles. The van der Waals surface area contributed by atoms with Crippen molar-refractivity contribution in [2.24, 2.45) is 0 Å². The number of carbonyl (C=O) groups is 2. The zero-order chi connectivity index (χ0) is 17.1. The second kappa shape index (κ2) is 6.96. The van der Waals surface area contributed by atoms with Gasteiger partial charge in [0.25, 0.3) is 5.91 Å². The molecule has 0 aliphatic heterocycles. The molecule has 1 N–H and O–H groups in total. The summed E-state index contributed by atoms with van der Waals surface area (Å²) in [5, 5.41) is 4.81. The summed E-state index contributed by atoms with van der Waals surface area (Å²) >= 11 is 1.40. The molecule has 122 valence electrons. The normalized spacial score (nSPS) is 10.5. The molecule has 1 aromatic carbocycles. The minimum atomic E-state index is -0.190. The van der Waals surface area contributed by atoms with Crippen LogP contribution in [0.5, 0.6) is 0 Å². The Morgan fingerprint density at radius 2 is 1.70 bits per heavy atom. The van der Waals surface area contributed by atoms with Gasteiger partial charge in [0, 0.05) is 12.7 Å². The van der Waals surface area contributed by atoms with E-state index in [0.717, 1.165) is 22.4 Å². The molecule has 0 fully saturated rings. The summed E-state index contributed by atoms with van der Waals surface area (Å²) < 4.78 is 0. The highest BCUT2D eigenvalue weighted by atomic mass is 32.1. The van der Waals surface area contributed by atoms with E-state index < -0.39 is 0 Å². The second-order valence-electron chi connectivity index (χ2n) is 5.92. The standard InChI is InChI=1S/C18H22N2O2S/c1-11-8-13(3)16(14(4)9-11)19-15(21)10-20(5)18(22)17-12(2)6-7-23-17/h6-9H,10H2,1-5H3,(H,19,21). The summed E-state index contributed by atoms with van der Waals surface area (Å²) in [7, 11) is 1.65. The summed E-state index contributed by atoms with van der Waals surface area (Å²) in [5.74, 6) is -0.310. The Morgan fingerprint density at radius 3 is 2.22 bits per heavy atom. The van der Waals surface area contributed by atoms with E-state index in [-0.39, 0.29) is 18.4 Å². The van der Waals surface area contributed by atoms with E-state index in [4.69, 9.17) is 0 Å². The number of nitrogens with zero attached hydrogens (tertiary/aromatic N) is 1. The largest absolute Gasteiger partial charge is 0.332 e. The SMILES string of the molecule is Cc1cc(C)c(NC(=O)CN(C)C(=O)c2sccc2C)c(C)c1. The molecule has 0 unspecified atom stereocenters. The van der Waals surface area contributed by atoms with Crippen LogP contribution in [0.2, 0.25) is 0 Å². The molecule has 0 bridgehead atoms. The first-order chi connectivity index (χ1) is 10.8. The number of amides is 2. The topological polar surface area (TPSA) is 49.4 Å². The zero-order valence-electron chi connectivity index (χ0n) is 14.2. The van der Waals surface area contributed by atoms with Crippen molar-refractivity contribution < 1.29 is 9.59 Å². The maximum atomic E-state index is 12.3. The van der Waals surface area contributed by atoms with Gasteiger partial charge in [-0.15, -0.1) is 11.3 Å². The molecular formula is C18H22N2O2S. The molecular weight excluding hydrogens is 308 g/mol. The third-order valence-corrected chi connectivity index (χ3v) is 4.73. The Bertz CT molecular complexity index is 726. The van der Waals surface area contributed by atoms with Gasteiger partial charge in [-0.25, -0.2) is 0 Å². The summed E-state index contributed by atoms with van der Waals surface area (Å²) in [6.07, 6.45) is 0. The van der Waals surface area contributed by atoms with Crippen LogP contribution in [0.3, 0.4) is 0 Å². The highest BCUT2D eigenvalue weighted by Gasteiger charge is 2.18. The van der Waals surface area contributed by atoms with Crippen LogP contribution < -0.4 is 5.32 Å². The third-order valence-electron chi connectivity index (χ3n) is 3.73. The number of nitrogens with one attached hydrogen (secondary N) is 1. The molecule has 23 heavy (non-hydrogen) atoms. The van der Waals surface area contributed by atoms with Crippen LogP contribution >= 0.6 is 11.3 Å². The summed E-state index contributed by atoms with van der Waals surface area (Å²) in [6.45, 7) is 7.90. The molecule has 0 spiro atoms. The van der Waals surface area contributed by atoms with Crippen molar-refractivity contribution in [3.63, 3.8) is 0 Å². The van der Waals surface area contributed by atoms with Crippen LogP contribution in [-0.2, 0) is 4.79 Å². The molecule has 2 aromatic rings. The Balaban J connectivity index is 2.05. The van der Waals surface area contributed by atoms with Crippen LogP contribution in [0.15, 0.2) is 23.6 Å². The van der Waals surface area contributed by atoms with Gasteiger partial charge >= 0.3 is 0 Å². The maximum absolute atomic E-state index is 12.3. The molecule has 0 aliphatic carbocycles. The molecule has 0 saturated carbocycles. The quantitative estimate of drug-likeness (QED) is 0.929. The number of hydrogen-bond donors (Lipinski definition) is 1. The fourth-order valence-electron chi connectivity index (χ4n) is 2.61. The van der Waals surface area contributed by atoms with Gasteiger partial charge in [0.2, 0.25) is 5.91 Å². The third kappa shape index (κ3) is 3.99. The van der Waals surface area contributed by atoms with E-state index in [0.29, 0.717) is 4.88 Å². The number of rotatable bonds is 4. The molecule has 5 heteroatoms. The lowest BCUT2D eigenvalue weighted by Crippen LogP contribution is -2.35. The van der Waals surface area contributed by atoms with Gasteiger partial charge in [-0.2, -0.15) is 0 Å². The molecule has 4 nitrogen and oxygen atoms in total. The van der Waals surface area contributed by atoms with Crippen molar-refractivity contribution in [3.05, 3.63) is 50.7 Å². The zero-order valence-corrected chi connectivity index (χ0v) is 15.0. The number of carbonyl (C=O) groups excluding carboxylic acids is 2. The molecule has 2 amide bonds. The van der Waals surface area contributed by atoms with Gasteiger partial charge in [-0.3, -0.25) is 9.59 Å². The molecule has 1 heterocycles. The lowest BCUT2D eigenvalue weighted by molar-refractivity contribution is -0.116. The Morgan fingerprint density at radius 1 is 1.09 bits per heavy atom. The molecule has 0 radical (unpaired) electrons. The van der Waals surface area contributed by atoms with E-state index in [1.54, 1.807) is 7.05 Å². The van der Waals surface area contributed by atoms with Gasteiger partial charge < -0.3 is 10.2 Å². The average Bonchev–Trinajstić information content (AvgIpc) is 2.88. The maximum Gasteiger partial charge on any atom is 0.264 e. The summed E-state index contributed by atoms with van der Waals surface area (Å²) in [6, 6.07) is 5.98. The molecule has 2 rings (SSSR count). The summed E-state index contributed by atoms with van der Waals surface area (Å²) in [5.41, 5.74) is 4.99. The molecule has 0 aliphatic rings. The van der Waals surface area contributed by atoms with E-state index in [2.05, 4.69) is 5.32 Å². The lowest BCUT2D eigenvalue weighted by atomic mass is 10.1. The first-order valence-electron chi connectivity index (χ1n) is 7.47. The number of likely N-dealkylation sites (N-methyl/N-ethyl adjacent to an activating group) is 1. The van der Waals surface area contributed by atoms with Gasteiger partial charge in [0.15, 0.2) is 0 Å². The molecule has 0 atom stereocenters. The second-order valence-corrected chi connectivity index (χ2v) is 6.83. The fourth-order valence-corrected chi connectivity index (χ4v) is 3.53. The Labute approximate surface area is 141 Å². The Hall–Kier alpha value is -2.14. The highest BCUT2D eigenvalue weighted by Crippen LogP contribution is 2.22. The van der Waals surface area contributed by atoms with E-state index in [1.807, 2.05) is 51.3 Å². The van der Waals surface area contributed by atoms with Crippen molar-refractivity contribution in [3.8, 4) is 0 Å². The predicted octanol–water partition coefficient (Wildman–Crippen LogP) is 3.69. The van der Waals surface area contributed by atoms with E-state index >= 15 is 0 Å². The molecule has 0 saturated heterocycles. The van der Waals surface area contributed by atoms with Crippen molar-refractivity contribution in [2.45, 2.75) is 27.7 Å². The van der Waals surface area contributed by atoms with Gasteiger partial charge in [-0.1, -0.05) is 17.7 Å². The fraction of sp³-hybridized carbons (Fsp3) is 0.333. The number of aryl methyl sites for hydroxylation is 4. The smallest absolute Gasteiger partial charge is 0.264 e. The van der Waals surface area contributed by atoms with Crippen molar-refractivity contribution in [1.29, 1.82) is 0 Å². The van der Waals surface area contributed by atoms with Crippen LogP contribution in [0, 0.1) is 27.7 Å². The number of benzene rings is 1. The highest BCUT2D eigenvalue weighted by molar-refractivity contribution is 7.12. The first kappa shape index (κ1) is 17.2. The average molecular weight is 330 g/mol. The van der Waals surface area contributed by atoms with Gasteiger partial charge in [-0.05, 0) is 55.8 Å². The number of hydrogen-bond acceptors (Lipinski definition) is 3. The van der Waals surface area contributed by atoms with Gasteiger partial charge in [0.1, 0.15) is 0 Å². The first-order valence-corrected chi connectivity index (χ1v) is 8.35. The van der Waals surface area contributed by atoms with Crippen molar-refractivity contribution in [1.82, 2.24) is 4.90 Å². The van der Waals surface area contributed by atoms with Gasteiger partial charge in [0.05, 0.1) is 11.4 Å². The Kier molecular flexibility index (Phi) is 5.21. The van der Waals surface area contributed by atoms with Crippen molar-refractivity contribution >= 4 is 28.8 Å². The number of anilines is 1. The van der Waals surface area contributed by atoms with E-state index in [1.165, 1.54) is 21.8 Å². The number of thiophene rings is 1. The van der Waals surface area contributed by atoms with E-state index in [9.17, 15) is 9.59 Å². The minimum Gasteiger partial charge on any atom is -0.332 e. The van der Waals surface area contributed by atoms with Crippen LogP contribution in [0.4, 0.5) is 5.69 Å². The predicted molar refractivity (Wildman–Crippen MR) is 95.3 cm³/mol. The van der Waals surface area contributed by atoms with Crippen LogP contribution in [-0.4, -0.2) is 30.3 Å².